The number of unbranched alkanes of at least 4 members (excludes halogenated alkanes) is 2. The molecule has 2 heterocycles. The molecule has 0 saturated heterocycles. The van der Waals surface area contributed by atoms with Crippen LogP contribution in [0.15, 0.2) is 30.6 Å². The highest BCUT2D eigenvalue weighted by Gasteiger charge is 2.17. The number of para-hydroxylation sites is 1. The number of hydrogen-bond acceptors (Lipinski definition) is 6. The Bertz CT molecular complexity index is 1230. The molecule has 0 saturated carbocycles. The summed E-state index contributed by atoms with van der Waals surface area (Å²) in [6, 6.07) is 8.01. The lowest BCUT2D eigenvalue weighted by Gasteiger charge is -2.21. The van der Waals surface area contributed by atoms with Crippen LogP contribution in [0.4, 0.5) is 10.6 Å². The van der Waals surface area contributed by atoms with Gasteiger partial charge in [-0.1, -0.05) is 45.4 Å². The quantitative estimate of drug-likeness (QED) is 0.245. The molecule has 0 aliphatic carbocycles. The second-order valence-electron chi connectivity index (χ2n) is 11.5. The lowest BCUT2D eigenvalue weighted by atomic mass is 10.1. The van der Waals surface area contributed by atoms with Crippen LogP contribution in [0.3, 0.4) is 0 Å². The van der Waals surface area contributed by atoms with Gasteiger partial charge in [0.2, 0.25) is 5.91 Å². The first-order valence-electron chi connectivity index (χ1n) is 14.3. The molecule has 3 rings (SSSR count). The van der Waals surface area contributed by atoms with Gasteiger partial charge in [0, 0.05) is 24.9 Å². The van der Waals surface area contributed by atoms with Crippen LogP contribution in [-0.4, -0.2) is 63.2 Å². The fraction of sp³-hybridized carbons (Fsp3) is 0.600. The number of rotatable bonds is 14. The van der Waals surface area contributed by atoms with Crippen LogP contribution in [0.25, 0.3) is 21.9 Å². The van der Waals surface area contributed by atoms with Crippen molar-refractivity contribution in [1.82, 2.24) is 24.8 Å². The van der Waals surface area contributed by atoms with Crippen LogP contribution < -0.4 is 10.6 Å². The highest BCUT2D eigenvalue weighted by Crippen LogP contribution is 2.29. The van der Waals surface area contributed by atoms with Crippen molar-refractivity contribution in [3.05, 3.63) is 30.6 Å². The van der Waals surface area contributed by atoms with Gasteiger partial charge in [-0.05, 0) is 71.7 Å². The van der Waals surface area contributed by atoms with Crippen molar-refractivity contribution in [2.24, 2.45) is 5.92 Å². The molecule has 9 nitrogen and oxygen atoms in total. The van der Waals surface area contributed by atoms with Crippen molar-refractivity contribution in [1.29, 1.82) is 0 Å². The summed E-state index contributed by atoms with van der Waals surface area (Å²) in [6.07, 6.45) is 5.63. The van der Waals surface area contributed by atoms with E-state index in [9.17, 15) is 9.59 Å². The number of amides is 2. The number of fused-ring (bicyclic) bond motifs is 3. The van der Waals surface area contributed by atoms with Gasteiger partial charge in [-0.15, -0.1) is 0 Å². The van der Waals surface area contributed by atoms with Crippen LogP contribution in [0.5, 0.6) is 0 Å². The minimum atomic E-state index is -0.481. The Morgan fingerprint density at radius 2 is 1.82 bits per heavy atom. The average Bonchev–Trinajstić information content (AvgIpc) is 3.27. The van der Waals surface area contributed by atoms with E-state index in [-0.39, 0.29) is 12.0 Å². The predicted molar refractivity (Wildman–Crippen MR) is 158 cm³/mol. The van der Waals surface area contributed by atoms with Gasteiger partial charge in [0.25, 0.3) is 0 Å². The Balaban J connectivity index is 1.44. The zero-order valence-corrected chi connectivity index (χ0v) is 24.5. The lowest BCUT2D eigenvalue weighted by molar-refractivity contribution is -0.116. The number of hydrogen-bond donors (Lipinski definition) is 2. The summed E-state index contributed by atoms with van der Waals surface area (Å²) in [4.78, 5) is 36.3. The van der Waals surface area contributed by atoms with Crippen molar-refractivity contribution in [3.63, 3.8) is 0 Å². The number of carbonyl (C=O) groups is 2. The van der Waals surface area contributed by atoms with E-state index in [2.05, 4.69) is 51.9 Å². The molecule has 0 spiro atoms. The molecule has 0 fully saturated rings. The molecule has 0 unspecified atom stereocenters. The SMILES string of the molecule is CCN(CCCCCC(=O)Nc1nc2ccccc2c2c1ncn2CC(C)C)CCCNC(=O)OC(C)(C)C. The van der Waals surface area contributed by atoms with E-state index in [0.717, 1.165) is 73.8 Å². The fourth-order valence-electron chi connectivity index (χ4n) is 4.63. The molecule has 0 aliphatic heterocycles. The summed E-state index contributed by atoms with van der Waals surface area (Å²) in [5.41, 5.74) is 2.13. The van der Waals surface area contributed by atoms with Crippen LogP contribution >= 0.6 is 0 Å². The molecule has 2 aromatic heterocycles. The van der Waals surface area contributed by atoms with E-state index in [0.29, 0.717) is 24.7 Å². The van der Waals surface area contributed by atoms with E-state index >= 15 is 0 Å². The van der Waals surface area contributed by atoms with Crippen LogP contribution in [0, 0.1) is 5.92 Å². The van der Waals surface area contributed by atoms with Crippen LogP contribution in [0.2, 0.25) is 0 Å². The third-order valence-electron chi connectivity index (χ3n) is 6.42. The first-order chi connectivity index (χ1) is 18.6. The Hall–Kier alpha value is -3.20. The van der Waals surface area contributed by atoms with Gasteiger partial charge >= 0.3 is 6.09 Å². The number of alkyl carbamates (subject to hydrolysis) is 1. The molecule has 0 atom stereocenters. The number of carbonyl (C=O) groups excluding carboxylic acids is 2. The topological polar surface area (TPSA) is 101 Å². The predicted octanol–water partition coefficient (Wildman–Crippen LogP) is 5.98. The smallest absolute Gasteiger partial charge is 0.407 e. The van der Waals surface area contributed by atoms with Gasteiger partial charge in [0.05, 0.1) is 17.4 Å². The zero-order chi connectivity index (χ0) is 28.4. The monoisotopic (exact) mass is 538 g/mol. The maximum atomic E-state index is 12.8. The molecule has 2 N–H and O–H groups in total. The normalized spacial score (nSPS) is 12.0. The highest BCUT2D eigenvalue weighted by molar-refractivity contribution is 6.09. The number of anilines is 1. The first kappa shape index (κ1) is 30.3. The molecular weight excluding hydrogens is 492 g/mol. The van der Waals surface area contributed by atoms with Crippen molar-refractivity contribution >= 4 is 39.8 Å². The number of nitrogens with zero attached hydrogens (tertiary/aromatic N) is 4. The van der Waals surface area contributed by atoms with Crippen LogP contribution in [-0.2, 0) is 16.1 Å². The van der Waals surface area contributed by atoms with Crippen molar-refractivity contribution in [3.8, 4) is 0 Å². The standard InChI is InChI=1S/C30H46N6O3/c1-7-35(19-13-17-31-29(38)39-30(4,5)6)18-12-8-9-16-25(37)34-28-26-27(36(21-32-26)20-22(2)3)23-14-10-11-15-24(23)33-28/h10-11,14-15,21-22H,7-9,12-13,16-20H2,1-6H3,(H,31,38)(H,33,34,37). The molecule has 3 aromatic rings. The van der Waals surface area contributed by atoms with Crippen LogP contribution in [0.1, 0.15) is 73.6 Å². The lowest BCUT2D eigenvalue weighted by Crippen LogP contribution is -2.34. The summed E-state index contributed by atoms with van der Waals surface area (Å²) >= 11 is 0. The second-order valence-corrected chi connectivity index (χ2v) is 11.5. The third kappa shape index (κ3) is 9.49. The summed E-state index contributed by atoms with van der Waals surface area (Å²) in [7, 11) is 0. The number of imidazole rings is 1. The molecule has 9 heteroatoms. The summed E-state index contributed by atoms with van der Waals surface area (Å²) < 4.78 is 7.43. The minimum Gasteiger partial charge on any atom is -0.444 e. The maximum absolute atomic E-state index is 12.8. The molecule has 0 aliphatic rings. The average molecular weight is 539 g/mol. The number of ether oxygens (including phenoxy) is 1. The van der Waals surface area contributed by atoms with E-state index < -0.39 is 5.60 Å². The van der Waals surface area contributed by atoms with Gasteiger partial charge in [-0.3, -0.25) is 4.79 Å². The Kier molecular flexibility index (Phi) is 11.1. The van der Waals surface area contributed by atoms with Crippen molar-refractivity contribution < 1.29 is 14.3 Å². The number of pyridine rings is 1. The Morgan fingerprint density at radius 3 is 2.54 bits per heavy atom. The van der Waals surface area contributed by atoms with E-state index in [1.165, 1.54) is 0 Å². The van der Waals surface area contributed by atoms with E-state index in [1.54, 1.807) is 0 Å². The first-order valence-corrected chi connectivity index (χ1v) is 14.3. The van der Waals surface area contributed by atoms with E-state index in [4.69, 9.17) is 9.72 Å². The number of benzene rings is 1. The molecule has 2 amide bonds. The molecule has 39 heavy (non-hydrogen) atoms. The highest BCUT2D eigenvalue weighted by atomic mass is 16.6. The molecule has 0 radical (unpaired) electrons. The van der Waals surface area contributed by atoms with Crippen molar-refractivity contribution in [2.75, 3.05) is 31.5 Å². The zero-order valence-electron chi connectivity index (χ0n) is 24.5. The maximum Gasteiger partial charge on any atom is 0.407 e. The summed E-state index contributed by atoms with van der Waals surface area (Å²) in [6.45, 7) is 16.4. The minimum absolute atomic E-state index is 0.0296. The second kappa shape index (κ2) is 14.3. The Morgan fingerprint density at radius 1 is 1.08 bits per heavy atom. The van der Waals surface area contributed by atoms with Gasteiger partial charge in [-0.2, -0.15) is 0 Å². The fourth-order valence-corrected chi connectivity index (χ4v) is 4.63. The van der Waals surface area contributed by atoms with Gasteiger partial charge in [0.15, 0.2) is 5.82 Å². The molecule has 214 valence electrons. The molecular formula is C30H46N6O3. The van der Waals surface area contributed by atoms with Crippen molar-refractivity contribution in [2.45, 2.75) is 85.8 Å². The molecule has 0 bridgehead atoms. The molecule has 1 aromatic carbocycles. The Labute approximate surface area is 232 Å². The van der Waals surface area contributed by atoms with Gasteiger partial charge in [0.1, 0.15) is 11.1 Å². The van der Waals surface area contributed by atoms with Gasteiger partial charge in [-0.25, -0.2) is 14.8 Å². The third-order valence-corrected chi connectivity index (χ3v) is 6.42. The summed E-state index contributed by atoms with van der Waals surface area (Å²) in [5.74, 6) is 0.983. The van der Waals surface area contributed by atoms with E-state index in [1.807, 2.05) is 45.3 Å². The van der Waals surface area contributed by atoms with Gasteiger partial charge < -0.3 is 24.8 Å². The summed E-state index contributed by atoms with van der Waals surface area (Å²) in [5, 5.41) is 6.89. The number of nitrogens with one attached hydrogen (secondary N) is 2. The largest absolute Gasteiger partial charge is 0.444 e. The number of aromatic nitrogens is 3.